The number of imide groups is 1. The number of nitrogens with one attached hydrogen (secondary N) is 2. The third kappa shape index (κ3) is 4.08. The molecule has 11 heteroatoms. The lowest BCUT2D eigenvalue weighted by Gasteiger charge is -2.22. The summed E-state index contributed by atoms with van der Waals surface area (Å²) in [5.41, 5.74) is -2.19. The molecule has 1 aromatic heterocycles. The van der Waals surface area contributed by atoms with E-state index in [9.17, 15) is 27.6 Å². The Morgan fingerprint density at radius 3 is 2.48 bits per heavy atom. The van der Waals surface area contributed by atoms with Gasteiger partial charge in [-0.2, -0.15) is 13.2 Å². The highest BCUT2D eigenvalue weighted by Gasteiger charge is 2.49. The highest BCUT2D eigenvalue weighted by molar-refractivity contribution is 6.07. The summed E-state index contributed by atoms with van der Waals surface area (Å²) in [5, 5.41) is 8.55. The average Bonchev–Trinajstić information content (AvgIpc) is 3.14. The number of alkyl halides is 3. The van der Waals surface area contributed by atoms with Gasteiger partial charge in [-0.3, -0.25) is 14.5 Å². The number of carbonyl (C=O) groups is 3. The summed E-state index contributed by atoms with van der Waals surface area (Å²) in [6.45, 7) is 2.84. The largest absolute Gasteiger partial charge is 0.416 e. The second kappa shape index (κ2) is 7.22. The van der Waals surface area contributed by atoms with Crippen LogP contribution in [0.4, 0.5) is 23.8 Å². The molecule has 1 atom stereocenters. The van der Waals surface area contributed by atoms with E-state index < -0.39 is 35.1 Å². The second-order valence-corrected chi connectivity index (χ2v) is 6.71. The zero-order valence-corrected chi connectivity index (χ0v) is 15.5. The molecule has 1 aromatic carbocycles. The van der Waals surface area contributed by atoms with Gasteiger partial charge >= 0.3 is 12.2 Å². The standard InChI is InChI=1S/C18H17F3N4O4/c1-10-9-13(24-29-10)22-14(26)7-8-25-15(27)17(2,23-16(25)28)11-3-5-12(6-4-11)18(19,20)21/h3-6,9H,7-8H2,1-2H3,(H,23,28)(H,22,24,26). The predicted molar refractivity (Wildman–Crippen MR) is 93.5 cm³/mol. The van der Waals surface area contributed by atoms with Gasteiger partial charge < -0.3 is 15.2 Å². The van der Waals surface area contributed by atoms with Gasteiger partial charge in [-0.05, 0) is 31.5 Å². The summed E-state index contributed by atoms with van der Waals surface area (Å²) >= 11 is 0. The Labute approximate surface area is 163 Å². The van der Waals surface area contributed by atoms with Crippen molar-refractivity contribution >= 4 is 23.7 Å². The monoisotopic (exact) mass is 410 g/mol. The molecule has 1 unspecified atom stereocenters. The van der Waals surface area contributed by atoms with Gasteiger partial charge in [-0.1, -0.05) is 17.3 Å². The first-order valence-corrected chi connectivity index (χ1v) is 8.56. The van der Waals surface area contributed by atoms with Crippen molar-refractivity contribution in [2.24, 2.45) is 0 Å². The number of urea groups is 1. The van der Waals surface area contributed by atoms with Crippen LogP contribution in [0.3, 0.4) is 0 Å². The van der Waals surface area contributed by atoms with Gasteiger partial charge in [-0.15, -0.1) is 0 Å². The minimum Gasteiger partial charge on any atom is -0.360 e. The fourth-order valence-electron chi connectivity index (χ4n) is 2.93. The molecule has 1 fully saturated rings. The molecular weight excluding hydrogens is 393 g/mol. The van der Waals surface area contributed by atoms with Crippen LogP contribution in [-0.2, 0) is 21.3 Å². The molecule has 0 saturated carbocycles. The number of carbonyl (C=O) groups excluding carboxylic acids is 3. The van der Waals surface area contributed by atoms with E-state index in [1.165, 1.54) is 13.0 Å². The van der Waals surface area contributed by atoms with E-state index >= 15 is 0 Å². The Morgan fingerprint density at radius 2 is 1.93 bits per heavy atom. The van der Waals surface area contributed by atoms with E-state index in [2.05, 4.69) is 15.8 Å². The van der Waals surface area contributed by atoms with Crippen LogP contribution >= 0.6 is 0 Å². The van der Waals surface area contributed by atoms with Crippen LogP contribution < -0.4 is 10.6 Å². The fourth-order valence-corrected chi connectivity index (χ4v) is 2.93. The number of aryl methyl sites for hydroxylation is 1. The summed E-state index contributed by atoms with van der Waals surface area (Å²) in [5.74, 6) is -0.435. The maximum atomic E-state index is 12.8. The van der Waals surface area contributed by atoms with E-state index in [1.54, 1.807) is 6.92 Å². The molecule has 2 heterocycles. The molecule has 8 nitrogen and oxygen atoms in total. The third-order valence-corrected chi connectivity index (χ3v) is 4.52. The van der Waals surface area contributed by atoms with Crippen LogP contribution in [-0.4, -0.2) is 34.4 Å². The lowest BCUT2D eigenvalue weighted by Crippen LogP contribution is -2.41. The fraction of sp³-hybridized carbons (Fsp3) is 0.333. The van der Waals surface area contributed by atoms with Crippen molar-refractivity contribution in [1.29, 1.82) is 0 Å². The Hall–Kier alpha value is -3.37. The van der Waals surface area contributed by atoms with Crippen LogP contribution in [0, 0.1) is 6.92 Å². The molecule has 0 bridgehead atoms. The highest BCUT2D eigenvalue weighted by Crippen LogP contribution is 2.33. The number of nitrogens with zero attached hydrogens (tertiary/aromatic N) is 2. The number of rotatable bonds is 5. The third-order valence-electron chi connectivity index (χ3n) is 4.52. The Kier molecular flexibility index (Phi) is 5.07. The molecule has 2 N–H and O–H groups in total. The van der Waals surface area contributed by atoms with Gasteiger partial charge in [-0.25, -0.2) is 4.79 Å². The van der Waals surface area contributed by atoms with Gasteiger partial charge in [0.15, 0.2) is 5.82 Å². The average molecular weight is 410 g/mol. The quantitative estimate of drug-likeness (QED) is 0.738. The number of aromatic nitrogens is 1. The lowest BCUT2D eigenvalue weighted by atomic mass is 9.91. The molecule has 29 heavy (non-hydrogen) atoms. The minimum atomic E-state index is -4.51. The molecule has 1 aliphatic heterocycles. The van der Waals surface area contributed by atoms with Crippen LogP contribution in [0.1, 0.15) is 30.2 Å². The zero-order valence-electron chi connectivity index (χ0n) is 15.5. The molecule has 1 aliphatic rings. The summed E-state index contributed by atoms with van der Waals surface area (Å²) in [6, 6.07) is 4.75. The van der Waals surface area contributed by atoms with Crippen molar-refractivity contribution in [2.45, 2.75) is 32.0 Å². The van der Waals surface area contributed by atoms with Crippen molar-refractivity contribution in [3.8, 4) is 0 Å². The summed E-state index contributed by atoms with van der Waals surface area (Å²) < 4.78 is 43.0. The van der Waals surface area contributed by atoms with Crippen molar-refractivity contribution in [1.82, 2.24) is 15.4 Å². The molecule has 1 saturated heterocycles. The number of hydrogen-bond donors (Lipinski definition) is 2. The first kappa shape index (κ1) is 20.4. The molecule has 2 aromatic rings. The van der Waals surface area contributed by atoms with Crippen LogP contribution in [0.2, 0.25) is 0 Å². The smallest absolute Gasteiger partial charge is 0.360 e. The first-order chi connectivity index (χ1) is 13.5. The number of halogens is 3. The number of hydrogen-bond acceptors (Lipinski definition) is 5. The van der Waals surface area contributed by atoms with Crippen molar-refractivity contribution < 1.29 is 32.1 Å². The number of anilines is 1. The Bertz CT molecular complexity index is 955. The van der Waals surface area contributed by atoms with Crippen LogP contribution in [0.15, 0.2) is 34.9 Å². The van der Waals surface area contributed by atoms with E-state index in [4.69, 9.17) is 4.52 Å². The van der Waals surface area contributed by atoms with E-state index in [1.807, 2.05) is 0 Å². The second-order valence-electron chi connectivity index (χ2n) is 6.71. The molecule has 3 rings (SSSR count). The molecule has 0 aliphatic carbocycles. The predicted octanol–water partition coefficient (Wildman–Crippen LogP) is 2.80. The normalized spacial score (nSPS) is 19.4. The lowest BCUT2D eigenvalue weighted by molar-refractivity contribution is -0.137. The van der Waals surface area contributed by atoms with Crippen LogP contribution in [0.25, 0.3) is 0 Å². The van der Waals surface area contributed by atoms with Crippen molar-refractivity contribution in [2.75, 3.05) is 11.9 Å². The number of amides is 4. The molecule has 0 spiro atoms. The molecular formula is C18H17F3N4O4. The minimum absolute atomic E-state index is 0.186. The van der Waals surface area contributed by atoms with Gasteiger partial charge in [0.05, 0.1) is 5.56 Å². The summed E-state index contributed by atoms with van der Waals surface area (Å²) in [4.78, 5) is 37.8. The first-order valence-electron chi connectivity index (χ1n) is 8.56. The summed E-state index contributed by atoms with van der Waals surface area (Å²) in [6.07, 6.45) is -4.70. The summed E-state index contributed by atoms with van der Waals surface area (Å²) in [7, 11) is 0. The van der Waals surface area contributed by atoms with Crippen LogP contribution in [0.5, 0.6) is 0 Å². The van der Waals surface area contributed by atoms with Crippen molar-refractivity contribution in [3.05, 3.63) is 47.2 Å². The van der Waals surface area contributed by atoms with Gasteiger partial charge in [0.2, 0.25) is 5.91 Å². The molecule has 154 valence electrons. The van der Waals surface area contributed by atoms with Crippen molar-refractivity contribution in [3.63, 3.8) is 0 Å². The molecule has 0 radical (unpaired) electrons. The van der Waals surface area contributed by atoms with E-state index in [0.29, 0.717) is 5.76 Å². The van der Waals surface area contributed by atoms with E-state index in [0.717, 1.165) is 29.2 Å². The Morgan fingerprint density at radius 1 is 1.28 bits per heavy atom. The van der Waals surface area contributed by atoms with Gasteiger partial charge in [0.25, 0.3) is 5.91 Å². The maximum Gasteiger partial charge on any atom is 0.416 e. The van der Waals surface area contributed by atoms with Gasteiger partial charge in [0.1, 0.15) is 11.3 Å². The van der Waals surface area contributed by atoms with E-state index in [-0.39, 0.29) is 24.3 Å². The Balaban J connectivity index is 1.67. The topological polar surface area (TPSA) is 105 Å². The zero-order chi connectivity index (χ0) is 21.4. The maximum absolute atomic E-state index is 12.8. The van der Waals surface area contributed by atoms with Gasteiger partial charge in [0, 0.05) is 19.0 Å². The SMILES string of the molecule is Cc1cc(NC(=O)CCN2C(=O)NC(C)(c3ccc(C(F)(F)F)cc3)C2=O)no1. The number of benzene rings is 1. The highest BCUT2D eigenvalue weighted by atomic mass is 19.4. The molecule has 4 amide bonds.